The number of hydrogen-bond acceptors (Lipinski definition) is 3. The zero-order valence-electron chi connectivity index (χ0n) is 16.1. The first-order valence-electron chi connectivity index (χ1n) is 9.14. The van der Waals surface area contributed by atoms with Crippen LogP contribution in [0.2, 0.25) is 0 Å². The molecule has 0 saturated heterocycles. The molecule has 0 aliphatic heterocycles. The second-order valence-electron chi connectivity index (χ2n) is 7.53. The molecule has 0 fully saturated rings. The number of carbonyl (C=O) groups is 1. The molecule has 136 valence electrons. The molecule has 0 N–H and O–H groups in total. The van der Waals surface area contributed by atoms with Gasteiger partial charge in [0.15, 0.2) is 0 Å². The number of ether oxygens (including phenoxy) is 1. The van der Waals surface area contributed by atoms with Gasteiger partial charge in [-0.25, -0.2) is 0 Å². The van der Waals surface area contributed by atoms with Crippen LogP contribution in [0, 0.1) is 0 Å². The SMILES string of the molecule is CCn1nccc1-c1ccc([C@H](C)CCCC(=O)OC(C)(C)C)cc1. The molecule has 1 aromatic carbocycles. The highest BCUT2D eigenvalue weighted by molar-refractivity contribution is 5.69. The van der Waals surface area contributed by atoms with Crippen molar-refractivity contribution in [2.45, 2.75) is 71.9 Å². The minimum absolute atomic E-state index is 0.108. The fourth-order valence-electron chi connectivity index (χ4n) is 2.92. The Bertz CT molecular complexity index is 681. The molecule has 2 aromatic rings. The monoisotopic (exact) mass is 342 g/mol. The maximum Gasteiger partial charge on any atom is 0.306 e. The summed E-state index contributed by atoms with van der Waals surface area (Å²) in [5, 5.41) is 4.32. The fourth-order valence-corrected chi connectivity index (χ4v) is 2.92. The predicted octanol–water partition coefficient (Wildman–Crippen LogP) is 5.19. The maximum atomic E-state index is 11.8. The van der Waals surface area contributed by atoms with Crippen LogP contribution in [0.15, 0.2) is 36.5 Å². The second kappa shape index (κ2) is 8.32. The molecule has 1 heterocycles. The van der Waals surface area contributed by atoms with Gasteiger partial charge in [-0.1, -0.05) is 31.2 Å². The molecular formula is C21H30N2O2. The first-order valence-corrected chi connectivity index (χ1v) is 9.14. The Morgan fingerprint density at radius 3 is 2.48 bits per heavy atom. The van der Waals surface area contributed by atoms with Crippen LogP contribution in [0.3, 0.4) is 0 Å². The van der Waals surface area contributed by atoms with E-state index in [2.05, 4.69) is 43.2 Å². The predicted molar refractivity (Wildman–Crippen MR) is 101 cm³/mol. The highest BCUT2D eigenvalue weighted by Crippen LogP contribution is 2.25. The second-order valence-corrected chi connectivity index (χ2v) is 7.53. The molecule has 1 atom stereocenters. The lowest BCUT2D eigenvalue weighted by molar-refractivity contribution is -0.154. The van der Waals surface area contributed by atoms with E-state index < -0.39 is 5.60 Å². The zero-order valence-corrected chi connectivity index (χ0v) is 16.1. The first-order chi connectivity index (χ1) is 11.8. The van der Waals surface area contributed by atoms with Crippen molar-refractivity contribution in [1.82, 2.24) is 9.78 Å². The summed E-state index contributed by atoms with van der Waals surface area (Å²) in [7, 11) is 0. The maximum absolute atomic E-state index is 11.8. The number of carbonyl (C=O) groups excluding carboxylic acids is 1. The van der Waals surface area contributed by atoms with E-state index in [-0.39, 0.29) is 5.97 Å². The highest BCUT2D eigenvalue weighted by Gasteiger charge is 2.16. The molecule has 1 aromatic heterocycles. The summed E-state index contributed by atoms with van der Waals surface area (Å²) in [4.78, 5) is 11.8. The molecule has 0 bridgehead atoms. The van der Waals surface area contributed by atoms with Crippen molar-refractivity contribution in [3.8, 4) is 11.3 Å². The number of nitrogens with zero attached hydrogens (tertiary/aromatic N) is 2. The van der Waals surface area contributed by atoms with Gasteiger partial charge in [-0.2, -0.15) is 5.10 Å². The third kappa shape index (κ3) is 5.73. The lowest BCUT2D eigenvalue weighted by Crippen LogP contribution is -2.23. The van der Waals surface area contributed by atoms with Gasteiger partial charge in [0.1, 0.15) is 5.60 Å². The molecular weight excluding hydrogens is 312 g/mol. The fraction of sp³-hybridized carbons (Fsp3) is 0.524. The van der Waals surface area contributed by atoms with Crippen LogP contribution in [-0.4, -0.2) is 21.4 Å². The first kappa shape index (κ1) is 19.2. The highest BCUT2D eigenvalue weighted by atomic mass is 16.6. The minimum atomic E-state index is -0.399. The summed E-state index contributed by atoms with van der Waals surface area (Å²) in [6, 6.07) is 10.7. The summed E-state index contributed by atoms with van der Waals surface area (Å²) in [5.74, 6) is 0.315. The van der Waals surface area contributed by atoms with Crippen LogP contribution >= 0.6 is 0 Å². The van der Waals surface area contributed by atoms with E-state index in [4.69, 9.17) is 4.74 Å². The van der Waals surface area contributed by atoms with Crippen molar-refractivity contribution in [3.63, 3.8) is 0 Å². The van der Waals surface area contributed by atoms with Gasteiger partial charge in [0.2, 0.25) is 0 Å². The Morgan fingerprint density at radius 2 is 1.88 bits per heavy atom. The Kier molecular flexibility index (Phi) is 6.40. The summed E-state index contributed by atoms with van der Waals surface area (Å²) >= 11 is 0. The Morgan fingerprint density at radius 1 is 1.20 bits per heavy atom. The van der Waals surface area contributed by atoms with Crippen LogP contribution in [0.25, 0.3) is 11.3 Å². The smallest absolute Gasteiger partial charge is 0.306 e. The van der Waals surface area contributed by atoms with E-state index in [1.165, 1.54) is 11.1 Å². The van der Waals surface area contributed by atoms with Gasteiger partial charge in [0, 0.05) is 19.2 Å². The minimum Gasteiger partial charge on any atom is -0.460 e. The number of esters is 1. The molecule has 0 unspecified atom stereocenters. The van der Waals surface area contributed by atoms with E-state index in [0.29, 0.717) is 12.3 Å². The van der Waals surface area contributed by atoms with Gasteiger partial charge in [0.05, 0.1) is 5.69 Å². The van der Waals surface area contributed by atoms with Crippen molar-refractivity contribution in [2.75, 3.05) is 0 Å². The van der Waals surface area contributed by atoms with Crippen molar-refractivity contribution in [2.24, 2.45) is 0 Å². The van der Waals surface area contributed by atoms with E-state index in [1.54, 1.807) is 0 Å². The van der Waals surface area contributed by atoms with E-state index in [9.17, 15) is 4.79 Å². The van der Waals surface area contributed by atoms with E-state index in [1.807, 2.05) is 37.7 Å². The van der Waals surface area contributed by atoms with Gasteiger partial charge in [-0.15, -0.1) is 0 Å². The normalized spacial score (nSPS) is 12.8. The molecule has 0 amide bonds. The molecule has 0 aliphatic rings. The third-order valence-electron chi connectivity index (χ3n) is 4.23. The molecule has 0 aliphatic carbocycles. The Balaban J connectivity index is 1.88. The lowest BCUT2D eigenvalue weighted by atomic mass is 9.94. The average Bonchev–Trinajstić information content (AvgIpc) is 3.01. The number of rotatable bonds is 7. The number of aryl methyl sites for hydroxylation is 1. The molecule has 0 spiro atoms. The molecule has 4 nitrogen and oxygen atoms in total. The van der Waals surface area contributed by atoms with Gasteiger partial charge >= 0.3 is 5.97 Å². The van der Waals surface area contributed by atoms with Crippen LogP contribution in [-0.2, 0) is 16.1 Å². The number of benzene rings is 1. The Hall–Kier alpha value is -2.10. The van der Waals surface area contributed by atoms with Crippen LogP contribution in [0.4, 0.5) is 0 Å². The van der Waals surface area contributed by atoms with Gasteiger partial charge in [-0.3, -0.25) is 9.48 Å². The Labute approximate surface area is 151 Å². The molecule has 0 saturated carbocycles. The van der Waals surface area contributed by atoms with E-state index in [0.717, 1.165) is 25.1 Å². The number of hydrogen-bond donors (Lipinski definition) is 0. The molecule has 2 rings (SSSR count). The van der Waals surface area contributed by atoms with Crippen molar-refractivity contribution < 1.29 is 9.53 Å². The molecule has 25 heavy (non-hydrogen) atoms. The average molecular weight is 342 g/mol. The van der Waals surface area contributed by atoms with Crippen LogP contribution < -0.4 is 0 Å². The van der Waals surface area contributed by atoms with Crippen LogP contribution in [0.1, 0.15) is 65.4 Å². The van der Waals surface area contributed by atoms with Gasteiger partial charge in [0.25, 0.3) is 0 Å². The number of aromatic nitrogens is 2. The summed E-state index contributed by atoms with van der Waals surface area (Å²) in [6.07, 6.45) is 4.15. The van der Waals surface area contributed by atoms with Crippen LogP contribution in [0.5, 0.6) is 0 Å². The topological polar surface area (TPSA) is 44.1 Å². The van der Waals surface area contributed by atoms with Gasteiger partial charge in [-0.05, 0) is 63.6 Å². The zero-order chi connectivity index (χ0) is 18.4. The van der Waals surface area contributed by atoms with E-state index >= 15 is 0 Å². The van der Waals surface area contributed by atoms with Gasteiger partial charge < -0.3 is 4.74 Å². The molecule has 4 heteroatoms. The third-order valence-corrected chi connectivity index (χ3v) is 4.23. The standard InChI is InChI=1S/C21H30N2O2/c1-6-23-19(14-15-22-23)18-12-10-17(11-13-18)16(2)8-7-9-20(24)25-21(3,4)5/h10-16H,6-9H2,1-5H3/t16-/m1/s1. The lowest BCUT2D eigenvalue weighted by Gasteiger charge is -2.19. The van der Waals surface area contributed by atoms with Crippen molar-refractivity contribution in [3.05, 3.63) is 42.1 Å². The van der Waals surface area contributed by atoms with Crippen molar-refractivity contribution >= 4 is 5.97 Å². The summed E-state index contributed by atoms with van der Waals surface area (Å²) in [6.45, 7) is 10.9. The molecule has 0 radical (unpaired) electrons. The van der Waals surface area contributed by atoms with Crippen molar-refractivity contribution in [1.29, 1.82) is 0 Å². The summed E-state index contributed by atoms with van der Waals surface area (Å²) < 4.78 is 7.36. The quantitative estimate of drug-likeness (QED) is 0.651. The largest absolute Gasteiger partial charge is 0.460 e. The summed E-state index contributed by atoms with van der Waals surface area (Å²) in [5.41, 5.74) is 3.23.